The van der Waals surface area contributed by atoms with Gasteiger partial charge in [0.15, 0.2) is 5.78 Å². The molecule has 0 amide bonds. The maximum Gasteiger partial charge on any atom is 0.343 e. The molecule has 0 aromatic carbocycles. The predicted molar refractivity (Wildman–Crippen MR) is 76.3 cm³/mol. The summed E-state index contributed by atoms with van der Waals surface area (Å²) in [5.41, 5.74) is -0.105. The third-order valence-electron chi connectivity index (χ3n) is 3.06. The summed E-state index contributed by atoms with van der Waals surface area (Å²) >= 11 is 0. The summed E-state index contributed by atoms with van der Waals surface area (Å²) in [6, 6.07) is 0. The summed E-state index contributed by atoms with van der Waals surface area (Å²) < 4.78 is 9.88. The highest BCUT2D eigenvalue weighted by atomic mass is 16.5. The molecule has 1 atom stereocenters. The molecule has 1 unspecified atom stereocenters. The molecular formula is C15H23NO5. The van der Waals surface area contributed by atoms with E-state index in [2.05, 4.69) is 0 Å². The summed E-state index contributed by atoms with van der Waals surface area (Å²) in [6.07, 6.45) is 3.00. The second-order valence-electron chi connectivity index (χ2n) is 5.16. The predicted octanol–water partition coefficient (Wildman–Crippen LogP) is 1.15. The fourth-order valence-electron chi connectivity index (χ4n) is 2.03. The van der Waals surface area contributed by atoms with Crippen molar-refractivity contribution in [3.05, 3.63) is 11.8 Å². The second kappa shape index (κ2) is 7.81. The Morgan fingerprint density at radius 2 is 1.71 bits per heavy atom. The maximum absolute atomic E-state index is 12.6. The molecule has 1 aliphatic carbocycles. The third kappa shape index (κ3) is 4.88. The number of nitrogens with zero attached hydrogens (tertiary/aromatic N) is 1. The van der Waals surface area contributed by atoms with Gasteiger partial charge in [0, 0.05) is 20.3 Å². The van der Waals surface area contributed by atoms with Gasteiger partial charge in [0.2, 0.25) is 0 Å². The molecular weight excluding hydrogens is 274 g/mol. The number of carbonyl (C=O) groups excluding carboxylic acids is 3. The number of esters is 2. The molecule has 21 heavy (non-hydrogen) atoms. The third-order valence-corrected chi connectivity index (χ3v) is 3.06. The van der Waals surface area contributed by atoms with E-state index in [-0.39, 0.29) is 24.7 Å². The zero-order chi connectivity index (χ0) is 16.0. The van der Waals surface area contributed by atoms with Crippen LogP contribution in [0.5, 0.6) is 0 Å². The van der Waals surface area contributed by atoms with E-state index in [0.29, 0.717) is 0 Å². The van der Waals surface area contributed by atoms with Gasteiger partial charge in [-0.05, 0) is 32.6 Å². The summed E-state index contributed by atoms with van der Waals surface area (Å²) in [7, 11) is 3.39. The molecule has 0 bridgehead atoms. The van der Waals surface area contributed by atoms with Crippen LogP contribution in [-0.2, 0) is 23.9 Å². The Hall–Kier alpha value is -1.85. The standard InChI is InChI=1S/C15H23NO5/c1-5-20-14(18)11(9-16(3)4)13(17)12(10-7-8-10)15(19)21-6-2/h9-10,12H,5-8H2,1-4H3. The number of hydrogen-bond acceptors (Lipinski definition) is 6. The lowest BCUT2D eigenvalue weighted by molar-refractivity contribution is -0.152. The fourth-order valence-corrected chi connectivity index (χ4v) is 2.03. The summed E-state index contributed by atoms with van der Waals surface area (Å²) in [4.78, 5) is 38.1. The van der Waals surface area contributed by atoms with E-state index in [9.17, 15) is 14.4 Å². The van der Waals surface area contributed by atoms with Gasteiger partial charge in [-0.2, -0.15) is 0 Å². The highest BCUT2D eigenvalue weighted by Gasteiger charge is 2.44. The van der Waals surface area contributed by atoms with Crippen LogP contribution < -0.4 is 0 Å². The lowest BCUT2D eigenvalue weighted by atomic mass is 9.93. The van der Waals surface area contributed by atoms with E-state index in [1.165, 1.54) is 6.20 Å². The summed E-state index contributed by atoms with van der Waals surface area (Å²) in [5.74, 6) is -2.70. The van der Waals surface area contributed by atoms with Crippen LogP contribution in [0.15, 0.2) is 11.8 Å². The number of Topliss-reactive ketones (excluding diaryl/α,β-unsaturated/α-hetero) is 1. The van der Waals surface area contributed by atoms with Gasteiger partial charge in [0.1, 0.15) is 11.5 Å². The van der Waals surface area contributed by atoms with Crippen LogP contribution in [-0.4, -0.2) is 49.9 Å². The van der Waals surface area contributed by atoms with E-state index < -0.39 is 23.6 Å². The van der Waals surface area contributed by atoms with Crippen molar-refractivity contribution >= 4 is 17.7 Å². The first-order valence-electron chi connectivity index (χ1n) is 7.18. The van der Waals surface area contributed by atoms with Gasteiger partial charge in [-0.1, -0.05) is 0 Å². The average molecular weight is 297 g/mol. The molecule has 0 aromatic heterocycles. The number of ketones is 1. The van der Waals surface area contributed by atoms with Gasteiger partial charge in [-0.15, -0.1) is 0 Å². The molecule has 6 heteroatoms. The molecule has 0 aliphatic heterocycles. The molecule has 0 spiro atoms. The Balaban J connectivity index is 3.01. The van der Waals surface area contributed by atoms with E-state index >= 15 is 0 Å². The molecule has 0 saturated heterocycles. The van der Waals surface area contributed by atoms with Crippen molar-refractivity contribution in [2.24, 2.45) is 11.8 Å². The van der Waals surface area contributed by atoms with E-state index in [0.717, 1.165) is 12.8 Å². The van der Waals surface area contributed by atoms with Gasteiger partial charge in [-0.25, -0.2) is 4.79 Å². The van der Waals surface area contributed by atoms with Crippen LogP contribution in [0.1, 0.15) is 26.7 Å². The van der Waals surface area contributed by atoms with Crippen molar-refractivity contribution < 1.29 is 23.9 Å². The highest BCUT2D eigenvalue weighted by molar-refractivity contribution is 6.22. The van der Waals surface area contributed by atoms with Gasteiger partial charge < -0.3 is 14.4 Å². The fraction of sp³-hybridized carbons (Fsp3) is 0.667. The lowest BCUT2D eigenvalue weighted by Crippen LogP contribution is -2.32. The number of hydrogen-bond donors (Lipinski definition) is 0. The lowest BCUT2D eigenvalue weighted by Gasteiger charge is -2.16. The number of ether oxygens (including phenoxy) is 2. The minimum absolute atomic E-state index is 0.0310. The zero-order valence-electron chi connectivity index (χ0n) is 13.0. The molecule has 0 aromatic rings. The Labute approximate surface area is 125 Å². The van der Waals surface area contributed by atoms with Gasteiger partial charge in [0.05, 0.1) is 13.2 Å². The molecule has 118 valence electrons. The van der Waals surface area contributed by atoms with Crippen molar-refractivity contribution in [1.82, 2.24) is 4.90 Å². The monoisotopic (exact) mass is 297 g/mol. The first kappa shape index (κ1) is 17.2. The van der Waals surface area contributed by atoms with Crippen LogP contribution >= 0.6 is 0 Å². The van der Waals surface area contributed by atoms with Crippen molar-refractivity contribution in [1.29, 1.82) is 0 Å². The number of rotatable bonds is 8. The van der Waals surface area contributed by atoms with Crippen LogP contribution in [0.25, 0.3) is 0 Å². The SMILES string of the molecule is CCOC(=O)C(=CN(C)C)C(=O)C(C(=O)OCC)C1CC1. The minimum Gasteiger partial charge on any atom is -0.465 e. The maximum atomic E-state index is 12.6. The van der Waals surface area contributed by atoms with Gasteiger partial charge in [0.25, 0.3) is 0 Å². The van der Waals surface area contributed by atoms with Crippen LogP contribution in [0.2, 0.25) is 0 Å². The number of carbonyl (C=O) groups is 3. The molecule has 1 aliphatic rings. The molecule has 1 rings (SSSR count). The molecule has 0 heterocycles. The Kier molecular flexibility index (Phi) is 6.39. The zero-order valence-corrected chi connectivity index (χ0v) is 13.0. The first-order valence-corrected chi connectivity index (χ1v) is 7.18. The average Bonchev–Trinajstić information content (AvgIpc) is 3.21. The van der Waals surface area contributed by atoms with Crippen LogP contribution in [0.4, 0.5) is 0 Å². The topological polar surface area (TPSA) is 72.9 Å². The van der Waals surface area contributed by atoms with E-state index in [1.807, 2.05) is 0 Å². The van der Waals surface area contributed by atoms with Gasteiger partial charge in [-0.3, -0.25) is 9.59 Å². The Morgan fingerprint density at radius 1 is 1.14 bits per heavy atom. The molecule has 0 N–H and O–H groups in total. The Bertz CT molecular complexity index is 437. The normalized spacial score (nSPS) is 16.1. The quantitative estimate of drug-likeness (QED) is 0.290. The highest BCUT2D eigenvalue weighted by Crippen LogP contribution is 2.39. The molecule has 1 saturated carbocycles. The largest absolute Gasteiger partial charge is 0.465 e. The van der Waals surface area contributed by atoms with Crippen molar-refractivity contribution in [2.45, 2.75) is 26.7 Å². The first-order chi connectivity index (χ1) is 9.92. The van der Waals surface area contributed by atoms with Crippen molar-refractivity contribution in [3.63, 3.8) is 0 Å². The van der Waals surface area contributed by atoms with Gasteiger partial charge >= 0.3 is 11.9 Å². The van der Waals surface area contributed by atoms with Crippen LogP contribution in [0, 0.1) is 11.8 Å². The second-order valence-corrected chi connectivity index (χ2v) is 5.16. The van der Waals surface area contributed by atoms with E-state index in [4.69, 9.17) is 9.47 Å². The summed E-state index contributed by atoms with van der Waals surface area (Å²) in [6.45, 7) is 3.74. The van der Waals surface area contributed by atoms with Crippen LogP contribution in [0.3, 0.4) is 0 Å². The van der Waals surface area contributed by atoms with Crippen molar-refractivity contribution in [2.75, 3.05) is 27.3 Å². The van der Waals surface area contributed by atoms with E-state index in [1.54, 1.807) is 32.8 Å². The van der Waals surface area contributed by atoms with Crippen molar-refractivity contribution in [3.8, 4) is 0 Å². The molecule has 1 fully saturated rings. The smallest absolute Gasteiger partial charge is 0.343 e. The molecule has 0 radical (unpaired) electrons. The Morgan fingerprint density at radius 3 is 2.14 bits per heavy atom. The summed E-state index contributed by atoms with van der Waals surface area (Å²) in [5, 5.41) is 0. The minimum atomic E-state index is -0.902. The molecule has 6 nitrogen and oxygen atoms in total.